The summed E-state index contributed by atoms with van der Waals surface area (Å²) in [5, 5.41) is 1.02. The molecule has 0 saturated carbocycles. The molecule has 3 rings (SSSR count). The molecule has 92 valence electrons. The fourth-order valence-electron chi connectivity index (χ4n) is 2.08. The third-order valence-corrected chi connectivity index (χ3v) is 3.04. The van der Waals surface area contributed by atoms with Crippen LogP contribution in [-0.2, 0) is 11.3 Å². The van der Waals surface area contributed by atoms with Crippen LogP contribution in [0, 0.1) is 0 Å². The van der Waals surface area contributed by atoms with E-state index in [4.69, 9.17) is 10.5 Å². The normalized spacial score (nSPS) is 15.1. The van der Waals surface area contributed by atoms with Gasteiger partial charge in [0.2, 0.25) is 0 Å². The number of nitrogen functional groups attached to an aromatic ring is 1. The SMILES string of the molecule is Nc1nc2ccccc2cc1CN1CCOC1=O. The number of ether oxygens (including phenoxy) is 1. The van der Waals surface area contributed by atoms with Crippen molar-refractivity contribution in [2.24, 2.45) is 0 Å². The van der Waals surface area contributed by atoms with Crippen LogP contribution in [0.3, 0.4) is 0 Å². The molecule has 5 nitrogen and oxygen atoms in total. The van der Waals surface area contributed by atoms with Crippen molar-refractivity contribution >= 4 is 22.8 Å². The van der Waals surface area contributed by atoms with Crippen LogP contribution in [0.25, 0.3) is 10.9 Å². The number of aromatic nitrogens is 1. The summed E-state index contributed by atoms with van der Waals surface area (Å²) < 4.78 is 4.89. The summed E-state index contributed by atoms with van der Waals surface area (Å²) in [6.45, 7) is 1.49. The van der Waals surface area contributed by atoms with E-state index in [0.717, 1.165) is 16.5 Å². The van der Waals surface area contributed by atoms with Crippen LogP contribution in [0.2, 0.25) is 0 Å². The molecule has 2 heterocycles. The molecule has 0 spiro atoms. The Kier molecular flexibility index (Phi) is 2.51. The van der Waals surface area contributed by atoms with Gasteiger partial charge < -0.3 is 15.4 Å². The fourth-order valence-corrected chi connectivity index (χ4v) is 2.08. The summed E-state index contributed by atoms with van der Waals surface area (Å²) in [6.07, 6.45) is -0.289. The molecule has 1 saturated heterocycles. The van der Waals surface area contributed by atoms with Crippen molar-refractivity contribution < 1.29 is 9.53 Å². The maximum absolute atomic E-state index is 11.4. The van der Waals surface area contributed by atoms with Crippen LogP contribution in [0.1, 0.15) is 5.56 Å². The molecule has 1 aromatic carbocycles. The Morgan fingerprint density at radius 1 is 1.39 bits per heavy atom. The number of carbonyl (C=O) groups is 1. The quantitative estimate of drug-likeness (QED) is 0.872. The zero-order valence-electron chi connectivity index (χ0n) is 9.80. The van der Waals surface area contributed by atoms with E-state index < -0.39 is 0 Å². The van der Waals surface area contributed by atoms with Crippen molar-refractivity contribution in [2.75, 3.05) is 18.9 Å². The topological polar surface area (TPSA) is 68.4 Å². The number of fused-ring (bicyclic) bond motifs is 1. The van der Waals surface area contributed by atoms with E-state index >= 15 is 0 Å². The van der Waals surface area contributed by atoms with Gasteiger partial charge in [-0.3, -0.25) is 0 Å². The maximum Gasteiger partial charge on any atom is 0.410 e. The number of carbonyl (C=O) groups excluding carboxylic acids is 1. The first-order valence-corrected chi connectivity index (χ1v) is 5.80. The summed E-state index contributed by atoms with van der Waals surface area (Å²) in [5.41, 5.74) is 7.64. The molecule has 0 bridgehead atoms. The Bertz CT molecular complexity index is 612. The maximum atomic E-state index is 11.4. The monoisotopic (exact) mass is 243 g/mol. The second-order valence-electron chi connectivity index (χ2n) is 4.26. The number of benzene rings is 1. The molecule has 1 amide bonds. The summed E-state index contributed by atoms with van der Waals surface area (Å²) in [5.74, 6) is 0.466. The van der Waals surface area contributed by atoms with E-state index in [1.165, 1.54) is 0 Å². The number of nitrogens with two attached hydrogens (primary N) is 1. The first kappa shape index (κ1) is 10.8. The average Bonchev–Trinajstić information content (AvgIpc) is 2.76. The number of anilines is 1. The first-order valence-electron chi connectivity index (χ1n) is 5.80. The van der Waals surface area contributed by atoms with Gasteiger partial charge in [0.05, 0.1) is 18.6 Å². The average molecular weight is 243 g/mol. The molecule has 2 N–H and O–H groups in total. The third kappa shape index (κ3) is 1.84. The van der Waals surface area contributed by atoms with E-state index in [2.05, 4.69) is 4.98 Å². The summed E-state index contributed by atoms with van der Waals surface area (Å²) in [7, 11) is 0. The lowest BCUT2D eigenvalue weighted by atomic mass is 10.1. The Hall–Kier alpha value is -2.30. The number of amides is 1. The molecular weight excluding hydrogens is 230 g/mol. The number of hydrogen-bond acceptors (Lipinski definition) is 4. The number of rotatable bonds is 2. The lowest BCUT2D eigenvalue weighted by Gasteiger charge is -2.14. The number of cyclic esters (lactones) is 1. The van der Waals surface area contributed by atoms with Gasteiger partial charge in [-0.25, -0.2) is 9.78 Å². The highest BCUT2D eigenvalue weighted by atomic mass is 16.6. The van der Waals surface area contributed by atoms with Crippen LogP contribution >= 0.6 is 0 Å². The molecule has 1 aliphatic rings. The summed E-state index contributed by atoms with van der Waals surface area (Å²) in [6, 6.07) is 9.75. The number of hydrogen-bond donors (Lipinski definition) is 1. The highest BCUT2D eigenvalue weighted by molar-refractivity contribution is 5.81. The fraction of sp³-hybridized carbons (Fsp3) is 0.231. The minimum absolute atomic E-state index is 0.289. The first-order chi connectivity index (χ1) is 8.74. The van der Waals surface area contributed by atoms with Crippen LogP contribution in [0.4, 0.5) is 10.6 Å². The molecular formula is C13H13N3O2. The van der Waals surface area contributed by atoms with Gasteiger partial charge in [0.1, 0.15) is 12.4 Å². The highest BCUT2D eigenvalue weighted by Gasteiger charge is 2.22. The second-order valence-corrected chi connectivity index (χ2v) is 4.26. The van der Waals surface area contributed by atoms with Crippen LogP contribution in [0.5, 0.6) is 0 Å². The van der Waals surface area contributed by atoms with Gasteiger partial charge in [0, 0.05) is 10.9 Å². The van der Waals surface area contributed by atoms with Crippen molar-refractivity contribution in [2.45, 2.75) is 6.54 Å². The lowest BCUT2D eigenvalue weighted by molar-refractivity contribution is 0.157. The van der Waals surface area contributed by atoms with E-state index in [1.807, 2.05) is 30.3 Å². The Morgan fingerprint density at radius 3 is 3.00 bits per heavy atom. The Morgan fingerprint density at radius 2 is 2.22 bits per heavy atom. The predicted molar refractivity (Wildman–Crippen MR) is 67.9 cm³/mol. The van der Waals surface area contributed by atoms with E-state index in [9.17, 15) is 4.79 Å². The van der Waals surface area contributed by atoms with Gasteiger partial charge in [-0.1, -0.05) is 18.2 Å². The van der Waals surface area contributed by atoms with Crippen molar-refractivity contribution in [3.8, 4) is 0 Å². The van der Waals surface area contributed by atoms with E-state index in [-0.39, 0.29) is 6.09 Å². The van der Waals surface area contributed by atoms with Crippen molar-refractivity contribution in [1.29, 1.82) is 0 Å². The van der Waals surface area contributed by atoms with Gasteiger partial charge in [-0.15, -0.1) is 0 Å². The largest absolute Gasteiger partial charge is 0.448 e. The number of nitrogens with zero attached hydrogens (tertiary/aromatic N) is 2. The third-order valence-electron chi connectivity index (χ3n) is 3.04. The van der Waals surface area contributed by atoms with Gasteiger partial charge in [-0.05, 0) is 12.1 Å². The van der Waals surface area contributed by atoms with Crippen LogP contribution in [0.15, 0.2) is 30.3 Å². The molecule has 0 unspecified atom stereocenters. The summed E-state index contributed by atoms with van der Waals surface area (Å²) in [4.78, 5) is 17.4. The molecule has 5 heteroatoms. The number of pyridine rings is 1. The van der Waals surface area contributed by atoms with Crippen LogP contribution in [-0.4, -0.2) is 29.1 Å². The number of para-hydroxylation sites is 1. The molecule has 18 heavy (non-hydrogen) atoms. The smallest absolute Gasteiger partial charge is 0.410 e. The van der Waals surface area contributed by atoms with Crippen molar-refractivity contribution in [3.63, 3.8) is 0 Å². The zero-order valence-corrected chi connectivity index (χ0v) is 9.80. The van der Waals surface area contributed by atoms with Crippen LogP contribution < -0.4 is 5.73 Å². The molecule has 2 aromatic rings. The van der Waals surface area contributed by atoms with Gasteiger partial charge in [0.15, 0.2) is 0 Å². The van der Waals surface area contributed by atoms with E-state index in [1.54, 1.807) is 4.90 Å². The van der Waals surface area contributed by atoms with Gasteiger partial charge >= 0.3 is 6.09 Å². The Balaban J connectivity index is 1.96. The molecule has 1 aliphatic heterocycles. The molecule has 0 radical (unpaired) electrons. The van der Waals surface area contributed by atoms with Crippen molar-refractivity contribution in [3.05, 3.63) is 35.9 Å². The minimum Gasteiger partial charge on any atom is -0.448 e. The zero-order chi connectivity index (χ0) is 12.5. The standard InChI is InChI=1S/C13H13N3O2/c14-12-10(8-16-5-6-18-13(16)17)7-9-3-1-2-4-11(9)15-12/h1-4,7H,5-6,8H2,(H2,14,15). The molecule has 1 aromatic heterocycles. The molecule has 0 aliphatic carbocycles. The summed E-state index contributed by atoms with van der Waals surface area (Å²) >= 11 is 0. The predicted octanol–water partition coefficient (Wildman–Crippen LogP) is 1.77. The minimum atomic E-state index is -0.289. The second kappa shape index (κ2) is 4.18. The molecule has 0 atom stereocenters. The molecule has 1 fully saturated rings. The van der Waals surface area contributed by atoms with Gasteiger partial charge in [-0.2, -0.15) is 0 Å². The van der Waals surface area contributed by atoms with Crippen molar-refractivity contribution in [1.82, 2.24) is 9.88 Å². The Labute approximate surface area is 104 Å². The van der Waals surface area contributed by atoms with E-state index in [0.29, 0.717) is 25.5 Å². The highest BCUT2D eigenvalue weighted by Crippen LogP contribution is 2.20. The van der Waals surface area contributed by atoms with Gasteiger partial charge in [0.25, 0.3) is 0 Å². The lowest BCUT2D eigenvalue weighted by Crippen LogP contribution is -2.24.